The number of hydrogen-bond donors (Lipinski definition) is 2. The van der Waals surface area contributed by atoms with Crippen molar-refractivity contribution in [3.8, 4) is 5.75 Å². The van der Waals surface area contributed by atoms with Crippen LogP contribution in [0, 0.1) is 5.92 Å². The molecule has 2 aromatic carbocycles. The van der Waals surface area contributed by atoms with Crippen LogP contribution in [0.3, 0.4) is 0 Å². The molecule has 0 aromatic heterocycles. The van der Waals surface area contributed by atoms with Crippen molar-refractivity contribution in [2.75, 3.05) is 26.2 Å². The first-order valence-electron chi connectivity index (χ1n) is 14.8. The van der Waals surface area contributed by atoms with Crippen LogP contribution in [0.1, 0.15) is 11.1 Å². The number of carbonyl (C=O) groups is 3. The van der Waals surface area contributed by atoms with Crippen LogP contribution in [-0.2, 0) is 32.4 Å². The standard InChI is InChI=1S/C33H35N5O6S/c1-2-16-36-21-31(40)37-28(17-23-12-14-26(39)15-13-23)32(41)35(19-25-22-45(43,44)29-11-7-6-10-27(25)29)20-30(37)38(36)33(42)34-18-24-8-4-3-5-9-24/h2-15,22,27-30,39H,1,16-21H2,(H,34,42)/t27?,28-,29?,30-/m0/s1. The van der Waals surface area contributed by atoms with Crippen LogP contribution in [0.25, 0.3) is 0 Å². The molecular formula is C33H35N5O6S. The third kappa shape index (κ3) is 6.03. The minimum absolute atomic E-state index is 0.0165. The lowest BCUT2D eigenvalue weighted by molar-refractivity contribution is -0.188. The van der Waals surface area contributed by atoms with Crippen molar-refractivity contribution in [1.82, 2.24) is 25.1 Å². The lowest BCUT2D eigenvalue weighted by atomic mass is 9.92. The van der Waals surface area contributed by atoms with Crippen molar-refractivity contribution >= 4 is 27.7 Å². The number of piperazine rings is 1. The first-order chi connectivity index (χ1) is 21.7. The molecule has 12 heteroatoms. The van der Waals surface area contributed by atoms with E-state index in [-0.39, 0.29) is 56.7 Å². The Kier molecular flexibility index (Phi) is 8.34. The third-order valence-corrected chi connectivity index (χ3v) is 10.5. The molecule has 0 radical (unpaired) electrons. The summed E-state index contributed by atoms with van der Waals surface area (Å²) in [5.74, 6) is -0.987. The molecule has 0 bridgehead atoms. The van der Waals surface area contributed by atoms with Crippen molar-refractivity contribution < 1.29 is 27.9 Å². The van der Waals surface area contributed by atoms with Gasteiger partial charge in [0.15, 0.2) is 9.84 Å². The number of nitrogens with zero attached hydrogens (tertiary/aromatic N) is 4. The first kappa shape index (κ1) is 30.4. The highest BCUT2D eigenvalue weighted by atomic mass is 32.2. The summed E-state index contributed by atoms with van der Waals surface area (Å²) in [5, 5.41) is 16.4. The van der Waals surface area contributed by atoms with Gasteiger partial charge in [-0.2, -0.15) is 0 Å². The number of carbonyl (C=O) groups excluding carboxylic acids is 3. The van der Waals surface area contributed by atoms with Crippen LogP contribution >= 0.6 is 0 Å². The van der Waals surface area contributed by atoms with Gasteiger partial charge in [0, 0.05) is 37.4 Å². The van der Waals surface area contributed by atoms with E-state index in [1.54, 1.807) is 46.3 Å². The Morgan fingerprint density at radius 3 is 2.49 bits per heavy atom. The second kappa shape index (κ2) is 12.4. The third-order valence-electron chi connectivity index (χ3n) is 8.61. The molecule has 1 aliphatic carbocycles. The molecule has 2 N–H and O–H groups in total. The Labute approximate surface area is 262 Å². The Bertz CT molecular complexity index is 1690. The van der Waals surface area contributed by atoms with E-state index in [1.165, 1.54) is 27.4 Å². The molecule has 234 valence electrons. The molecular weight excluding hydrogens is 594 g/mol. The highest BCUT2D eigenvalue weighted by Gasteiger charge is 2.52. The Morgan fingerprint density at radius 1 is 1.02 bits per heavy atom. The van der Waals surface area contributed by atoms with Gasteiger partial charge < -0.3 is 20.2 Å². The molecule has 2 saturated heterocycles. The number of allylic oxidation sites excluding steroid dienone is 3. The number of phenolic OH excluding ortho intramolecular Hbond substituents is 1. The van der Waals surface area contributed by atoms with E-state index in [2.05, 4.69) is 11.9 Å². The summed E-state index contributed by atoms with van der Waals surface area (Å²) in [7, 11) is -3.56. The van der Waals surface area contributed by atoms with E-state index < -0.39 is 39.2 Å². The fourth-order valence-corrected chi connectivity index (χ4v) is 8.31. The smallest absolute Gasteiger partial charge is 0.334 e. The normalized spacial score (nSPS) is 25.5. The number of urea groups is 1. The van der Waals surface area contributed by atoms with Crippen molar-refractivity contribution in [1.29, 1.82) is 0 Å². The molecule has 45 heavy (non-hydrogen) atoms. The maximum atomic E-state index is 14.2. The first-order valence-corrected chi connectivity index (χ1v) is 16.4. The predicted octanol–water partition coefficient (Wildman–Crippen LogP) is 2.35. The number of hydrogen-bond acceptors (Lipinski definition) is 7. The number of fused-ring (bicyclic) bond motifs is 2. The summed E-state index contributed by atoms with van der Waals surface area (Å²) in [4.78, 5) is 44.9. The molecule has 4 amide bonds. The lowest BCUT2D eigenvalue weighted by Crippen LogP contribution is -2.76. The minimum Gasteiger partial charge on any atom is -0.508 e. The molecule has 2 unspecified atom stereocenters. The van der Waals surface area contributed by atoms with Gasteiger partial charge >= 0.3 is 6.03 Å². The van der Waals surface area contributed by atoms with Gasteiger partial charge in [-0.15, -0.1) is 6.58 Å². The Morgan fingerprint density at radius 2 is 1.76 bits per heavy atom. The van der Waals surface area contributed by atoms with Crippen LogP contribution in [-0.4, -0.2) is 94.8 Å². The number of benzene rings is 2. The molecule has 3 heterocycles. The summed E-state index contributed by atoms with van der Waals surface area (Å²) in [6.07, 6.45) is 7.88. The second-order valence-electron chi connectivity index (χ2n) is 11.6. The number of rotatable bonds is 8. The van der Waals surface area contributed by atoms with Gasteiger partial charge in [0.05, 0.1) is 18.3 Å². The van der Waals surface area contributed by atoms with E-state index in [9.17, 15) is 27.9 Å². The van der Waals surface area contributed by atoms with Crippen molar-refractivity contribution in [3.05, 3.63) is 114 Å². The highest BCUT2D eigenvalue weighted by Crippen LogP contribution is 2.37. The largest absolute Gasteiger partial charge is 0.508 e. The highest BCUT2D eigenvalue weighted by molar-refractivity contribution is 7.95. The zero-order valence-corrected chi connectivity index (χ0v) is 25.4. The average molecular weight is 630 g/mol. The number of nitrogens with one attached hydrogen (secondary N) is 1. The van der Waals surface area contributed by atoms with Crippen LogP contribution in [0.15, 0.2) is 103 Å². The number of sulfone groups is 1. The zero-order valence-electron chi connectivity index (χ0n) is 24.6. The van der Waals surface area contributed by atoms with Gasteiger partial charge in [0.25, 0.3) is 0 Å². The number of aromatic hydroxyl groups is 1. The quantitative estimate of drug-likeness (QED) is 0.429. The fraction of sp³-hybridized carbons (Fsp3) is 0.303. The predicted molar refractivity (Wildman–Crippen MR) is 168 cm³/mol. The Hall–Kier alpha value is -4.68. The van der Waals surface area contributed by atoms with Gasteiger partial charge in [0.1, 0.15) is 18.0 Å². The SMILES string of the molecule is C=CCN1CC(=O)N2[C@@H](Cc3ccc(O)cc3)C(=O)N(CC3=CS(=O)(=O)C4C=CC=CC34)C[C@@H]2N1C(=O)NCc1ccccc1. The van der Waals surface area contributed by atoms with E-state index in [0.29, 0.717) is 5.57 Å². The number of hydrazine groups is 1. The zero-order chi connectivity index (χ0) is 31.7. The minimum atomic E-state index is -3.56. The van der Waals surface area contributed by atoms with Gasteiger partial charge in [0.2, 0.25) is 11.8 Å². The summed E-state index contributed by atoms with van der Waals surface area (Å²) in [6, 6.07) is 14.4. The van der Waals surface area contributed by atoms with Crippen molar-refractivity contribution in [2.45, 2.75) is 30.4 Å². The van der Waals surface area contributed by atoms with Gasteiger partial charge in [-0.25, -0.2) is 23.2 Å². The molecule has 4 aliphatic rings. The monoisotopic (exact) mass is 629 g/mol. The Balaban J connectivity index is 1.35. The van der Waals surface area contributed by atoms with Gasteiger partial charge in [-0.1, -0.05) is 72.8 Å². The fourth-order valence-electron chi connectivity index (χ4n) is 6.52. The van der Waals surface area contributed by atoms with E-state index in [0.717, 1.165) is 11.1 Å². The van der Waals surface area contributed by atoms with Crippen LogP contribution < -0.4 is 5.32 Å². The van der Waals surface area contributed by atoms with Crippen LogP contribution in [0.4, 0.5) is 4.79 Å². The van der Waals surface area contributed by atoms with E-state index in [1.807, 2.05) is 36.4 Å². The average Bonchev–Trinajstić information content (AvgIpc) is 3.29. The van der Waals surface area contributed by atoms with E-state index >= 15 is 0 Å². The molecule has 2 fully saturated rings. The van der Waals surface area contributed by atoms with Gasteiger partial charge in [-0.05, 0) is 28.8 Å². The summed E-state index contributed by atoms with van der Waals surface area (Å²) in [6.45, 7) is 4.16. The molecule has 0 spiro atoms. The van der Waals surface area contributed by atoms with Gasteiger partial charge in [-0.3, -0.25) is 9.59 Å². The second-order valence-corrected chi connectivity index (χ2v) is 13.5. The molecule has 11 nitrogen and oxygen atoms in total. The maximum Gasteiger partial charge on any atom is 0.334 e. The molecule has 6 rings (SSSR count). The summed E-state index contributed by atoms with van der Waals surface area (Å²) in [5.41, 5.74) is 2.20. The van der Waals surface area contributed by atoms with Crippen LogP contribution in [0.2, 0.25) is 0 Å². The molecule has 4 atom stereocenters. The lowest BCUT2D eigenvalue weighted by Gasteiger charge is -2.55. The number of amides is 4. The molecule has 2 aromatic rings. The molecule has 0 saturated carbocycles. The van der Waals surface area contributed by atoms with Crippen molar-refractivity contribution in [3.63, 3.8) is 0 Å². The topological polar surface area (TPSA) is 131 Å². The summed E-state index contributed by atoms with van der Waals surface area (Å²) >= 11 is 0. The van der Waals surface area contributed by atoms with Crippen LogP contribution in [0.5, 0.6) is 5.75 Å². The summed E-state index contributed by atoms with van der Waals surface area (Å²) < 4.78 is 25.9. The van der Waals surface area contributed by atoms with E-state index in [4.69, 9.17) is 0 Å². The number of phenols is 1. The molecule has 3 aliphatic heterocycles. The van der Waals surface area contributed by atoms with Crippen molar-refractivity contribution in [2.24, 2.45) is 5.92 Å². The maximum absolute atomic E-state index is 14.2.